The number of nitrogens with zero attached hydrogens (tertiary/aromatic N) is 4. The number of benzene rings is 2. The van der Waals surface area contributed by atoms with Crippen molar-refractivity contribution < 1.29 is 13.2 Å². The first kappa shape index (κ1) is 23.5. The number of anilines is 1. The molecule has 10 heteroatoms. The second-order valence-corrected chi connectivity index (χ2v) is 9.65. The molecule has 0 aliphatic carbocycles. The summed E-state index contributed by atoms with van der Waals surface area (Å²) in [5.74, 6) is -0.586. The number of halogens is 1. The van der Waals surface area contributed by atoms with E-state index in [1.54, 1.807) is 17.7 Å². The first-order chi connectivity index (χ1) is 15.1. The number of hydrogen-bond acceptors (Lipinski definition) is 5. The van der Waals surface area contributed by atoms with Gasteiger partial charge in [-0.05, 0) is 50.1 Å². The van der Waals surface area contributed by atoms with Gasteiger partial charge in [0.25, 0.3) is 5.91 Å². The van der Waals surface area contributed by atoms with E-state index < -0.39 is 22.5 Å². The van der Waals surface area contributed by atoms with Crippen LogP contribution in [0.3, 0.4) is 0 Å². The Morgan fingerprint density at radius 1 is 1.19 bits per heavy atom. The maximum Gasteiger partial charge on any atom is 0.260 e. The summed E-state index contributed by atoms with van der Waals surface area (Å²) in [6.07, 6.45) is 2.46. The summed E-state index contributed by atoms with van der Waals surface area (Å²) >= 11 is 6.25. The molecule has 0 aliphatic rings. The van der Waals surface area contributed by atoms with Crippen molar-refractivity contribution in [3.05, 3.63) is 76.1 Å². The Hall–Kier alpha value is -3.17. The minimum absolute atomic E-state index is 0.234. The van der Waals surface area contributed by atoms with Crippen LogP contribution in [0.5, 0.6) is 0 Å². The van der Waals surface area contributed by atoms with Crippen molar-refractivity contribution in [2.45, 2.75) is 20.8 Å². The fourth-order valence-electron chi connectivity index (χ4n) is 3.15. The zero-order valence-corrected chi connectivity index (χ0v) is 19.8. The van der Waals surface area contributed by atoms with Gasteiger partial charge in [0.1, 0.15) is 6.54 Å². The lowest BCUT2D eigenvalue weighted by Gasteiger charge is -2.23. The second kappa shape index (κ2) is 9.54. The molecule has 0 bridgehead atoms. The van der Waals surface area contributed by atoms with Crippen LogP contribution in [0, 0.1) is 20.8 Å². The number of sulfonamides is 1. The lowest BCUT2D eigenvalue weighted by molar-refractivity contribution is -0.119. The molecule has 0 saturated heterocycles. The topological polar surface area (TPSA) is 96.7 Å². The Morgan fingerprint density at radius 3 is 2.53 bits per heavy atom. The molecule has 8 nitrogen and oxygen atoms in total. The lowest BCUT2D eigenvalue weighted by Crippen LogP contribution is -2.39. The van der Waals surface area contributed by atoms with Crippen molar-refractivity contribution in [3.8, 4) is 5.69 Å². The maximum absolute atomic E-state index is 12.5. The highest BCUT2D eigenvalue weighted by molar-refractivity contribution is 7.92. The minimum Gasteiger partial charge on any atom is -0.271 e. The van der Waals surface area contributed by atoms with E-state index in [2.05, 4.69) is 15.6 Å². The number of carbonyl (C=O) groups excluding carboxylic acids is 1. The Balaban J connectivity index is 1.76. The fourth-order valence-corrected chi connectivity index (χ4v) is 4.32. The third-order valence-corrected chi connectivity index (χ3v) is 6.23. The van der Waals surface area contributed by atoms with E-state index in [-0.39, 0.29) is 5.15 Å². The molecule has 1 amide bonds. The van der Waals surface area contributed by atoms with Gasteiger partial charge < -0.3 is 0 Å². The standard InChI is InChI=1S/C22H24ClN5O3S/c1-15-10-11-16(2)20(12-15)27(32(4,30)31)14-21(29)25-24-13-19-17(3)28(26-22(19)23)18-8-6-5-7-9-18/h5-13H,14H2,1-4H3,(H,25,29)/b24-13-. The number of carbonyl (C=O) groups is 1. The molecule has 0 atom stereocenters. The number of hydrazone groups is 1. The Kier molecular flexibility index (Phi) is 7.00. The van der Waals surface area contributed by atoms with Crippen LogP contribution in [-0.2, 0) is 14.8 Å². The van der Waals surface area contributed by atoms with E-state index in [0.29, 0.717) is 11.3 Å². The van der Waals surface area contributed by atoms with Gasteiger partial charge >= 0.3 is 0 Å². The van der Waals surface area contributed by atoms with Crippen LogP contribution in [-0.4, -0.2) is 43.1 Å². The van der Waals surface area contributed by atoms with Gasteiger partial charge in [-0.3, -0.25) is 9.10 Å². The molecule has 1 heterocycles. The van der Waals surface area contributed by atoms with Gasteiger partial charge in [0.15, 0.2) is 5.15 Å². The van der Waals surface area contributed by atoms with E-state index >= 15 is 0 Å². The van der Waals surface area contributed by atoms with Gasteiger partial charge in [-0.1, -0.05) is 41.9 Å². The van der Waals surface area contributed by atoms with Crippen molar-refractivity contribution in [1.82, 2.24) is 15.2 Å². The van der Waals surface area contributed by atoms with Gasteiger partial charge in [-0.2, -0.15) is 10.2 Å². The van der Waals surface area contributed by atoms with Gasteiger partial charge in [-0.15, -0.1) is 0 Å². The molecule has 0 spiro atoms. The number of rotatable bonds is 7. The number of aromatic nitrogens is 2. The van der Waals surface area contributed by atoms with Crippen LogP contribution in [0.15, 0.2) is 53.6 Å². The number of hydrogen-bond donors (Lipinski definition) is 1. The van der Waals surface area contributed by atoms with Gasteiger partial charge in [0.2, 0.25) is 10.0 Å². The normalized spacial score (nSPS) is 11.7. The van der Waals surface area contributed by atoms with Crippen LogP contribution < -0.4 is 9.73 Å². The predicted octanol–water partition coefficient (Wildman–Crippen LogP) is 3.37. The van der Waals surface area contributed by atoms with Crippen molar-refractivity contribution in [3.63, 3.8) is 0 Å². The number of nitrogens with one attached hydrogen (secondary N) is 1. The van der Waals surface area contributed by atoms with E-state index in [4.69, 9.17) is 11.6 Å². The average Bonchev–Trinajstić information content (AvgIpc) is 3.02. The maximum atomic E-state index is 12.5. The largest absolute Gasteiger partial charge is 0.271 e. The summed E-state index contributed by atoms with van der Waals surface area (Å²) in [6, 6.07) is 14.9. The summed E-state index contributed by atoms with van der Waals surface area (Å²) in [4.78, 5) is 12.5. The summed E-state index contributed by atoms with van der Waals surface area (Å²) in [7, 11) is -3.68. The Morgan fingerprint density at radius 2 is 1.88 bits per heavy atom. The lowest BCUT2D eigenvalue weighted by atomic mass is 10.1. The zero-order valence-electron chi connectivity index (χ0n) is 18.2. The smallest absolute Gasteiger partial charge is 0.260 e. The van der Waals surface area contributed by atoms with Gasteiger partial charge in [0, 0.05) is 0 Å². The number of para-hydroxylation sites is 1. The molecular weight excluding hydrogens is 450 g/mol. The van der Waals surface area contributed by atoms with Crippen LogP contribution in [0.25, 0.3) is 5.69 Å². The van der Waals surface area contributed by atoms with E-state index in [0.717, 1.165) is 33.1 Å². The third-order valence-electron chi connectivity index (χ3n) is 4.82. The third kappa shape index (κ3) is 5.35. The molecule has 0 unspecified atom stereocenters. The van der Waals surface area contributed by atoms with Crippen molar-refractivity contribution in [1.29, 1.82) is 0 Å². The van der Waals surface area contributed by atoms with Gasteiger partial charge in [-0.25, -0.2) is 18.5 Å². The Bertz CT molecular complexity index is 1270. The molecule has 0 fully saturated rings. The SMILES string of the molecule is Cc1ccc(C)c(N(CC(=O)N/N=C\c2c(Cl)nn(-c3ccccc3)c2C)S(C)(=O)=O)c1. The van der Waals surface area contributed by atoms with Crippen LogP contribution in [0.2, 0.25) is 5.15 Å². The average molecular weight is 474 g/mol. The summed E-state index contributed by atoms with van der Waals surface area (Å²) < 4.78 is 27.4. The van der Waals surface area contributed by atoms with Crippen LogP contribution >= 0.6 is 11.6 Å². The summed E-state index contributed by atoms with van der Waals surface area (Å²) in [6.45, 7) is 5.07. The van der Waals surface area contributed by atoms with Crippen molar-refractivity contribution in [2.24, 2.45) is 5.10 Å². The zero-order chi connectivity index (χ0) is 23.5. The fraction of sp³-hybridized carbons (Fsp3) is 0.227. The number of aryl methyl sites for hydroxylation is 2. The molecular formula is C22H24ClN5O3S. The van der Waals surface area contributed by atoms with Gasteiger partial charge in [0.05, 0.1) is 35.1 Å². The first-order valence-electron chi connectivity index (χ1n) is 9.75. The predicted molar refractivity (Wildman–Crippen MR) is 127 cm³/mol. The van der Waals surface area contributed by atoms with E-state index in [1.165, 1.54) is 6.21 Å². The molecule has 168 valence electrons. The molecule has 0 radical (unpaired) electrons. The van der Waals surface area contributed by atoms with E-state index in [1.807, 2.05) is 56.3 Å². The Labute approximate surface area is 192 Å². The molecule has 3 aromatic rings. The summed E-state index contributed by atoms with van der Waals surface area (Å²) in [5.41, 5.74) is 6.58. The molecule has 0 saturated carbocycles. The number of amides is 1. The van der Waals surface area contributed by atoms with Crippen molar-refractivity contribution >= 4 is 39.4 Å². The van der Waals surface area contributed by atoms with Crippen molar-refractivity contribution in [2.75, 3.05) is 17.1 Å². The monoisotopic (exact) mass is 473 g/mol. The van der Waals surface area contributed by atoms with Crippen LogP contribution in [0.1, 0.15) is 22.4 Å². The molecule has 3 rings (SSSR count). The van der Waals surface area contributed by atoms with Crippen LogP contribution in [0.4, 0.5) is 5.69 Å². The molecule has 0 aliphatic heterocycles. The second-order valence-electron chi connectivity index (χ2n) is 7.39. The highest BCUT2D eigenvalue weighted by Gasteiger charge is 2.22. The molecule has 32 heavy (non-hydrogen) atoms. The van der Waals surface area contributed by atoms with E-state index in [9.17, 15) is 13.2 Å². The quantitative estimate of drug-likeness (QED) is 0.420. The molecule has 2 aromatic carbocycles. The minimum atomic E-state index is -3.68. The highest BCUT2D eigenvalue weighted by atomic mass is 35.5. The first-order valence-corrected chi connectivity index (χ1v) is 12.0. The summed E-state index contributed by atoms with van der Waals surface area (Å²) in [5, 5.41) is 8.50. The molecule has 1 aromatic heterocycles. The molecule has 1 N–H and O–H groups in total. The highest BCUT2D eigenvalue weighted by Crippen LogP contribution is 2.24.